The number of H-pyrrole nitrogens is 1. The molecule has 1 atom stereocenters. The average Bonchev–Trinajstić information content (AvgIpc) is 3.08. The minimum atomic E-state index is 0.262. The van der Waals surface area contributed by atoms with Gasteiger partial charge in [-0.05, 0) is 55.8 Å². The monoisotopic (exact) mass is 297 g/mol. The van der Waals surface area contributed by atoms with Crippen molar-refractivity contribution in [2.24, 2.45) is 11.3 Å². The Morgan fingerprint density at radius 3 is 2.95 bits per heavy atom. The van der Waals surface area contributed by atoms with Crippen LogP contribution in [0.5, 0.6) is 0 Å². The molecule has 4 nitrogen and oxygen atoms in total. The summed E-state index contributed by atoms with van der Waals surface area (Å²) in [5, 5.41) is 7.79. The van der Waals surface area contributed by atoms with Gasteiger partial charge in [0.15, 0.2) is 0 Å². The van der Waals surface area contributed by atoms with Crippen LogP contribution in [0.1, 0.15) is 24.8 Å². The van der Waals surface area contributed by atoms with Crippen molar-refractivity contribution in [2.45, 2.75) is 25.7 Å². The quantitative estimate of drug-likeness (QED) is 0.810. The second kappa shape index (κ2) is 5.43. The van der Waals surface area contributed by atoms with Crippen LogP contribution in [-0.2, 0) is 11.2 Å². The first-order valence-electron chi connectivity index (χ1n) is 8.32. The van der Waals surface area contributed by atoms with Gasteiger partial charge in [0.2, 0.25) is 5.91 Å². The molecule has 4 rings (SSSR count). The standard InChI is InChI=1S/C18H23N3O/c22-17(15-11-18(15)6-9-19-10-7-18)20-8-5-13-12-21-16-4-2-1-3-14(13)16/h1-4,12,15,19,21H,5-11H2,(H,20,22). The molecule has 2 heterocycles. The van der Waals surface area contributed by atoms with Crippen LogP contribution >= 0.6 is 0 Å². The predicted octanol–water partition coefficient (Wildman–Crippen LogP) is 2.22. The minimum absolute atomic E-state index is 0.262. The average molecular weight is 297 g/mol. The molecular formula is C18H23N3O. The number of piperidine rings is 1. The maximum absolute atomic E-state index is 12.3. The summed E-state index contributed by atoms with van der Waals surface area (Å²) >= 11 is 0. The smallest absolute Gasteiger partial charge is 0.223 e. The fourth-order valence-corrected chi connectivity index (χ4v) is 3.98. The number of carbonyl (C=O) groups is 1. The lowest BCUT2D eigenvalue weighted by atomic mass is 9.92. The zero-order valence-corrected chi connectivity index (χ0v) is 12.8. The molecule has 1 saturated heterocycles. The third kappa shape index (κ3) is 2.41. The van der Waals surface area contributed by atoms with Crippen molar-refractivity contribution in [3.05, 3.63) is 36.0 Å². The fraction of sp³-hybridized carbons (Fsp3) is 0.500. The van der Waals surface area contributed by atoms with E-state index in [1.807, 2.05) is 6.07 Å². The number of amides is 1. The van der Waals surface area contributed by atoms with Crippen LogP contribution in [-0.4, -0.2) is 30.5 Å². The van der Waals surface area contributed by atoms with Gasteiger partial charge in [0.05, 0.1) is 0 Å². The van der Waals surface area contributed by atoms with Crippen molar-refractivity contribution in [3.63, 3.8) is 0 Å². The highest BCUT2D eigenvalue weighted by Crippen LogP contribution is 2.58. The van der Waals surface area contributed by atoms with Crippen LogP contribution in [0.25, 0.3) is 10.9 Å². The summed E-state index contributed by atoms with van der Waals surface area (Å²) in [6, 6.07) is 8.32. The van der Waals surface area contributed by atoms with Gasteiger partial charge in [-0.3, -0.25) is 4.79 Å². The molecule has 1 amide bonds. The van der Waals surface area contributed by atoms with Gasteiger partial charge in [0.1, 0.15) is 0 Å². The molecule has 2 aromatic rings. The van der Waals surface area contributed by atoms with E-state index in [1.165, 1.54) is 16.5 Å². The zero-order valence-electron chi connectivity index (χ0n) is 12.8. The first-order chi connectivity index (χ1) is 10.8. The Kier molecular flexibility index (Phi) is 3.41. The van der Waals surface area contributed by atoms with E-state index in [0.717, 1.165) is 45.3 Å². The maximum Gasteiger partial charge on any atom is 0.223 e. The van der Waals surface area contributed by atoms with Crippen LogP contribution in [0.15, 0.2) is 30.5 Å². The molecular weight excluding hydrogens is 274 g/mol. The summed E-state index contributed by atoms with van der Waals surface area (Å²) in [5.41, 5.74) is 2.78. The van der Waals surface area contributed by atoms with E-state index < -0.39 is 0 Å². The SMILES string of the molecule is O=C(NCCc1c[nH]c2ccccc12)C1CC12CCNCC2. The molecule has 0 radical (unpaired) electrons. The molecule has 116 valence electrons. The zero-order chi connectivity index (χ0) is 15.0. The van der Waals surface area contributed by atoms with Crippen LogP contribution in [0.4, 0.5) is 0 Å². The van der Waals surface area contributed by atoms with Crippen LogP contribution in [0, 0.1) is 11.3 Å². The molecule has 1 spiro atoms. The van der Waals surface area contributed by atoms with Gasteiger partial charge in [0.25, 0.3) is 0 Å². The Labute approximate surface area is 130 Å². The third-order valence-corrected chi connectivity index (χ3v) is 5.47. The first kappa shape index (κ1) is 13.8. The van der Waals surface area contributed by atoms with Gasteiger partial charge >= 0.3 is 0 Å². The lowest BCUT2D eigenvalue weighted by molar-refractivity contribution is -0.123. The van der Waals surface area contributed by atoms with E-state index in [9.17, 15) is 4.79 Å². The Bertz CT molecular complexity index is 684. The summed E-state index contributed by atoms with van der Waals surface area (Å²) < 4.78 is 0. The number of carbonyl (C=O) groups excluding carboxylic acids is 1. The van der Waals surface area contributed by atoms with Crippen molar-refractivity contribution in [1.29, 1.82) is 0 Å². The lowest BCUT2D eigenvalue weighted by Crippen LogP contribution is -2.34. The summed E-state index contributed by atoms with van der Waals surface area (Å²) in [6.45, 7) is 2.86. The highest BCUT2D eigenvalue weighted by atomic mass is 16.2. The normalized spacial score (nSPS) is 22.8. The van der Waals surface area contributed by atoms with E-state index in [1.54, 1.807) is 0 Å². The van der Waals surface area contributed by atoms with E-state index in [4.69, 9.17) is 0 Å². The van der Waals surface area contributed by atoms with Gasteiger partial charge < -0.3 is 15.6 Å². The number of rotatable bonds is 4. The topological polar surface area (TPSA) is 56.9 Å². The number of benzene rings is 1. The van der Waals surface area contributed by atoms with Gasteiger partial charge in [-0.15, -0.1) is 0 Å². The Balaban J connectivity index is 1.31. The van der Waals surface area contributed by atoms with Crippen molar-refractivity contribution in [2.75, 3.05) is 19.6 Å². The molecule has 22 heavy (non-hydrogen) atoms. The number of aromatic nitrogens is 1. The second-order valence-corrected chi connectivity index (χ2v) is 6.77. The van der Waals surface area contributed by atoms with Gasteiger partial charge in [-0.25, -0.2) is 0 Å². The maximum atomic E-state index is 12.3. The van der Waals surface area contributed by atoms with Crippen LogP contribution in [0.3, 0.4) is 0 Å². The molecule has 2 aliphatic rings. The fourth-order valence-electron chi connectivity index (χ4n) is 3.98. The molecule has 1 saturated carbocycles. The van der Waals surface area contributed by atoms with Crippen molar-refractivity contribution < 1.29 is 4.79 Å². The molecule has 1 aromatic carbocycles. The number of para-hydroxylation sites is 1. The molecule has 2 fully saturated rings. The van der Waals surface area contributed by atoms with Gasteiger partial charge in [0, 0.05) is 29.6 Å². The van der Waals surface area contributed by atoms with Gasteiger partial charge in [-0.1, -0.05) is 18.2 Å². The van der Waals surface area contributed by atoms with Gasteiger partial charge in [-0.2, -0.15) is 0 Å². The minimum Gasteiger partial charge on any atom is -0.361 e. The molecule has 0 bridgehead atoms. The van der Waals surface area contributed by atoms with Crippen molar-refractivity contribution in [3.8, 4) is 0 Å². The molecule has 3 N–H and O–H groups in total. The Hall–Kier alpha value is -1.81. The van der Waals surface area contributed by atoms with Crippen LogP contribution < -0.4 is 10.6 Å². The van der Waals surface area contributed by atoms with Crippen LogP contribution in [0.2, 0.25) is 0 Å². The Morgan fingerprint density at radius 1 is 1.27 bits per heavy atom. The molecule has 1 aliphatic carbocycles. The highest BCUT2D eigenvalue weighted by Gasteiger charge is 2.57. The third-order valence-electron chi connectivity index (χ3n) is 5.47. The number of hydrogen-bond acceptors (Lipinski definition) is 2. The Morgan fingerprint density at radius 2 is 2.09 bits per heavy atom. The number of hydrogen-bond donors (Lipinski definition) is 3. The predicted molar refractivity (Wildman–Crippen MR) is 87.7 cm³/mol. The van der Waals surface area contributed by atoms with E-state index >= 15 is 0 Å². The highest BCUT2D eigenvalue weighted by molar-refractivity contribution is 5.84. The first-order valence-corrected chi connectivity index (χ1v) is 8.32. The summed E-state index contributed by atoms with van der Waals surface area (Å²) in [4.78, 5) is 15.6. The number of aromatic amines is 1. The van der Waals surface area contributed by atoms with E-state index in [0.29, 0.717) is 5.41 Å². The largest absolute Gasteiger partial charge is 0.361 e. The van der Waals surface area contributed by atoms with Crippen molar-refractivity contribution >= 4 is 16.8 Å². The number of fused-ring (bicyclic) bond motifs is 1. The summed E-state index contributed by atoms with van der Waals surface area (Å²) in [6.07, 6.45) is 6.36. The molecule has 1 aliphatic heterocycles. The summed E-state index contributed by atoms with van der Waals surface area (Å²) in [5.74, 6) is 0.527. The van der Waals surface area contributed by atoms with E-state index in [2.05, 4.69) is 40.0 Å². The van der Waals surface area contributed by atoms with E-state index in [-0.39, 0.29) is 11.8 Å². The lowest BCUT2D eigenvalue weighted by Gasteiger charge is -2.23. The summed E-state index contributed by atoms with van der Waals surface area (Å²) in [7, 11) is 0. The number of nitrogens with one attached hydrogen (secondary N) is 3. The molecule has 1 aromatic heterocycles. The van der Waals surface area contributed by atoms with Crippen molar-refractivity contribution in [1.82, 2.24) is 15.6 Å². The second-order valence-electron chi connectivity index (χ2n) is 6.77. The molecule has 1 unspecified atom stereocenters. The molecule has 4 heteroatoms.